The molecule has 2 aliphatic heterocycles. The van der Waals surface area contributed by atoms with Crippen molar-refractivity contribution < 1.29 is 4.79 Å². The first-order valence-electron chi connectivity index (χ1n) is 11.6. The topological polar surface area (TPSA) is 51.7 Å². The van der Waals surface area contributed by atoms with Crippen LogP contribution in [0.25, 0.3) is 0 Å². The zero-order chi connectivity index (χ0) is 21.9. The molecule has 1 N–H and O–H groups in total. The molecule has 1 aromatic heterocycles. The fourth-order valence-electron chi connectivity index (χ4n) is 4.53. The Kier molecular flexibility index (Phi) is 7.46. The summed E-state index contributed by atoms with van der Waals surface area (Å²) in [6, 6.07) is 0.598. The quantitative estimate of drug-likeness (QED) is 0.704. The normalized spacial score (nSPS) is 21.9. The molecule has 1 aromatic rings. The summed E-state index contributed by atoms with van der Waals surface area (Å²) in [6.07, 6.45) is 3.74. The first kappa shape index (κ1) is 23.5. The number of carbonyl (C=O) groups is 1. The van der Waals surface area contributed by atoms with Gasteiger partial charge in [0, 0.05) is 61.6 Å². The van der Waals surface area contributed by atoms with Crippen molar-refractivity contribution in [3.63, 3.8) is 0 Å². The molecule has 0 saturated carbocycles. The van der Waals surface area contributed by atoms with Crippen molar-refractivity contribution >= 4 is 22.4 Å². The average Bonchev–Trinajstić information content (AvgIpc) is 3.35. The van der Waals surface area contributed by atoms with Crippen LogP contribution >= 0.6 is 11.3 Å². The molecule has 30 heavy (non-hydrogen) atoms. The standard InChI is InChI=1S/C23H41N5OS/c1-7-23(5,6)28-10-8-9-19(28)15-24-21-25-18(17-30-21)16-26-11-13-27(14-12-26)20(29)22(2,3)4/h17,19H,7-16H2,1-6H3,(H,24,25)/t19-/m0/s1. The Morgan fingerprint density at radius 2 is 1.87 bits per heavy atom. The molecule has 2 aliphatic rings. The van der Waals surface area contributed by atoms with E-state index in [1.54, 1.807) is 11.3 Å². The molecule has 0 aromatic carbocycles. The molecule has 0 radical (unpaired) electrons. The lowest BCUT2D eigenvalue weighted by Crippen LogP contribution is -2.51. The van der Waals surface area contributed by atoms with Crippen LogP contribution in [0.5, 0.6) is 0 Å². The molecule has 6 nitrogen and oxygen atoms in total. The van der Waals surface area contributed by atoms with Crippen molar-refractivity contribution in [3.8, 4) is 0 Å². The van der Waals surface area contributed by atoms with E-state index in [9.17, 15) is 4.79 Å². The Labute approximate surface area is 187 Å². The summed E-state index contributed by atoms with van der Waals surface area (Å²) in [5.74, 6) is 0.259. The Morgan fingerprint density at radius 3 is 2.50 bits per heavy atom. The van der Waals surface area contributed by atoms with Crippen molar-refractivity contribution in [2.24, 2.45) is 5.41 Å². The van der Waals surface area contributed by atoms with E-state index in [4.69, 9.17) is 4.98 Å². The van der Waals surface area contributed by atoms with Gasteiger partial charge < -0.3 is 10.2 Å². The molecule has 2 fully saturated rings. The van der Waals surface area contributed by atoms with E-state index in [-0.39, 0.29) is 16.9 Å². The number of likely N-dealkylation sites (tertiary alicyclic amines) is 1. The van der Waals surface area contributed by atoms with E-state index in [1.165, 1.54) is 25.8 Å². The average molecular weight is 436 g/mol. The number of hydrogen-bond donors (Lipinski definition) is 1. The molecule has 3 heterocycles. The Bertz CT molecular complexity index is 703. The fraction of sp³-hybridized carbons (Fsp3) is 0.826. The van der Waals surface area contributed by atoms with Crippen molar-refractivity contribution in [2.75, 3.05) is 44.6 Å². The van der Waals surface area contributed by atoms with Gasteiger partial charge in [0.05, 0.1) is 5.69 Å². The second kappa shape index (κ2) is 9.53. The smallest absolute Gasteiger partial charge is 0.228 e. The second-order valence-corrected chi connectivity index (χ2v) is 11.4. The molecule has 0 unspecified atom stereocenters. The van der Waals surface area contributed by atoms with Crippen molar-refractivity contribution in [3.05, 3.63) is 11.1 Å². The summed E-state index contributed by atoms with van der Waals surface area (Å²) in [6.45, 7) is 19.5. The van der Waals surface area contributed by atoms with Crippen LogP contribution in [0.1, 0.15) is 66.5 Å². The van der Waals surface area contributed by atoms with Crippen LogP contribution in [0.3, 0.4) is 0 Å². The van der Waals surface area contributed by atoms with Crippen molar-refractivity contribution in [1.82, 2.24) is 19.7 Å². The van der Waals surface area contributed by atoms with Crippen LogP contribution in [0.15, 0.2) is 5.38 Å². The van der Waals surface area contributed by atoms with Gasteiger partial charge >= 0.3 is 0 Å². The molecule has 0 aliphatic carbocycles. The minimum Gasteiger partial charge on any atom is -0.360 e. The first-order valence-corrected chi connectivity index (χ1v) is 12.4. The lowest BCUT2D eigenvalue weighted by atomic mass is 9.94. The summed E-state index contributed by atoms with van der Waals surface area (Å²) < 4.78 is 0. The summed E-state index contributed by atoms with van der Waals surface area (Å²) in [5.41, 5.74) is 1.11. The van der Waals surface area contributed by atoms with Gasteiger partial charge in [0.2, 0.25) is 5.91 Å². The lowest BCUT2D eigenvalue weighted by molar-refractivity contribution is -0.141. The van der Waals surface area contributed by atoms with Gasteiger partial charge in [-0.3, -0.25) is 14.6 Å². The molecule has 0 spiro atoms. The second-order valence-electron chi connectivity index (χ2n) is 10.5. The number of rotatable bonds is 7. The molecule has 7 heteroatoms. The highest BCUT2D eigenvalue weighted by Gasteiger charge is 2.34. The SMILES string of the molecule is CCC(C)(C)N1CCC[C@H]1CNc1nc(CN2CCN(C(=O)C(C)(C)C)CC2)cs1. The van der Waals surface area contributed by atoms with Crippen LogP contribution < -0.4 is 5.32 Å². The zero-order valence-electron chi connectivity index (χ0n) is 19.8. The van der Waals surface area contributed by atoms with Gasteiger partial charge in [-0.15, -0.1) is 11.3 Å². The van der Waals surface area contributed by atoms with Crippen molar-refractivity contribution in [2.45, 2.75) is 78.9 Å². The monoisotopic (exact) mass is 435 g/mol. The van der Waals surface area contributed by atoms with E-state index in [0.29, 0.717) is 6.04 Å². The highest BCUT2D eigenvalue weighted by Crippen LogP contribution is 2.29. The Hall–Kier alpha value is -1.18. The van der Waals surface area contributed by atoms with Gasteiger partial charge in [0.15, 0.2) is 5.13 Å². The molecule has 1 amide bonds. The van der Waals surface area contributed by atoms with Crippen LogP contribution in [-0.2, 0) is 11.3 Å². The van der Waals surface area contributed by atoms with Gasteiger partial charge in [-0.1, -0.05) is 27.7 Å². The third-order valence-corrected chi connectivity index (χ3v) is 7.60. The summed E-state index contributed by atoms with van der Waals surface area (Å²) in [5, 5.41) is 6.82. The maximum absolute atomic E-state index is 12.5. The predicted molar refractivity (Wildman–Crippen MR) is 126 cm³/mol. The number of thiazole rings is 1. The van der Waals surface area contributed by atoms with Gasteiger partial charge in [0.1, 0.15) is 0 Å². The minimum atomic E-state index is -0.293. The summed E-state index contributed by atoms with van der Waals surface area (Å²) >= 11 is 1.71. The number of anilines is 1. The molecule has 3 rings (SSSR count). The third-order valence-electron chi connectivity index (χ3n) is 6.75. The molecule has 0 bridgehead atoms. The largest absolute Gasteiger partial charge is 0.360 e. The number of carbonyl (C=O) groups excluding carboxylic acids is 1. The maximum atomic E-state index is 12.5. The van der Waals surface area contributed by atoms with E-state index in [2.05, 4.69) is 41.3 Å². The van der Waals surface area contributed by atoms with Gasteiger partial charge in [-0.2, -0.15) is 0 Å². The predicted octanol–water partition coefficient (Wildman–Crippen LogP) is 3.90. The van der Waals surface area contributed by atoms with Crippen LogP contribution in [0.2, 0.25) is 0 Å². The van der Waals surface area contributed by atoms with Crippen LogP contribution in [0, 0.1) is 5.41 Å². The van der Waals surface area contributed by atoms with Crippen molar-refractivity contribution in [1.29, 1.82) is 0 Å². The number of amides is 1. The molecule has 170 valence electrons. The zero-order valence-corrected chi connectivity index (χ0v) is 20.6. The lowest BCUT2D eigenvalue weighted by Gasteiger charge is -2.39. The van der Waals surface area contributed by atoms with E-state index < -0.39 is 0 Å². The molecule has 1 atom stereocenters. The van der Waals surface area contributed by atoms with Crippen LogP contribution in [0.4, 0.5) is 5.13 Å². The fourth-order valence-corrected chi connectivity index (χ4v) is 5.24. The summed E-state index contributed by atoms with van der Waals surface area (Å²) in [7, 11) is 0. The molecular weight excluding hydrogens is 394 g/mol. The first-order chi connectivity index (χ1) is 14.1. The highest BCUT2D eigenvalue weighted by molar-refractivity contribution is 7.13. The molecular formula is C23H41N5OS. The maximum Gasteiger partial charge on any atom is 0.228 e. The Balaban J connectivity index is 1.45. The van der Waals surface area contributed by atoms with E-state index >= 15 is 0 Å². The van der Waals surface area contributed by atoms with Gasteiger partial charge in [-0.25, -0.2) is 4.98 Å². The van der Waals surface area contributed by atoms with Crippen LogP contribution in [-0.4, -0.2) is 76.4 Å². The number of hydrogen-bond acceptors (Lipinski definition) is 6. The number of aromatic nitrogens is 1. The number of nitrogens with zero attached hydrogens (tertiary/aromatic N) is 4. The highest BCUT2D eigenvalue weighted by atomic mass is 32.1. The summed E-state index contributed by atoms with van der Waals surface area (Å²) in [4.78, 5) is 24.4. The van der Waals surface area contributed by atoms with Gasteiger partial charge in [0.25, 0.3) is 0 Å². The third kappa shape index (κ3) is 5.74. The Morgan fingerprint density at radius 1 is 1.17 bits per heavy atom. The van der Waals surface area contributed by atoms with E-state index in [0.717, 1.165) is 50.1 Å². The number of nitrogens with one attached hydrogen (secondary N) is 1. The van der Waals surface area contributed by atoms with Gasteiger partial charge in [-0.05, 0) is 39.7 Å². The minimum absolute atomic E-state index is 0.259. The number of piperazine rings is 1. The molecule has 2 saturated heterocycles. The van der Waals surface area contributed by atoms with E-state index in [1.807, 2.05) is 25.7 Å².